The first-order valence-electron chi connectivity index (χ1n) is 10.4. The molecule has 1 fully saturated rings. The van der Waals surface area contributed by atoms with Crippen molar-refractivity contribution >= 4 is 17.3 Å². The van der Waals surface area contributed by atoms with Gasteiger partial charge in [0.2, 0.25) is 5.91 Å². The van der Waals surface area contributed by atoms with Crippen LogP contribution in [0.1, 0.15) is 41.5 Å². The van der Waals surface area contributed by atoms with Crippen LogP contribution in [0, 0.1) is 6.92 Å². The van der Waals surface area contributed by atoms with Gasteiger partial charge < -0.3 is 20.7 Å². The van der Waals surface area contributed by atoms with Gasteiger partial charge in [0.15, 0.2) is 0 Å². The van der Waals surface area contributed by atoms with E-state index in [0.717, 1.165) is 40.2 Å². The van der Waals surface area contributed by atoms with Gasteiger partial charge >= 0.3 is 6.18 Å². The first-order valence-corrected chi connectivity index (χ1v) is 10.4. The zero-order chi connectivity index (χ0) is 22.6. The van der Waals surface area contributed by atoms with E-state index in [1.54, 1.807) is 0 Å². The largest absolute Gasteiger partial charge is 0.416 e. The van der Waals surface area contributed by atoms with Crippen molar-refractivity contribution < 1.29 is 22.7 Å². The fraction of sp³-hybridized carbons (Fsp3) is 0.435. The molecule has 2 aromatic rings. The summed E-state index contributed by atoms with van der Waals surface area (Å²) in [6.45, 7) is 6.91. The van der Waals surface area contributed by atoms with E-state index in [2.05, 4.69) is 10.2 Å². The second-order valence-corrected chi connectivity index (χ2v) is 7.74. The summed E-state index contributed by atoms with van der Waals surface area (Å²) >= 11 is 0. The van der Waals surface area contributed by atoms with Gasteiger partial charge in [-0.3, -0.25) is 4.79 Å². The molecule has 3 rings (SSSR count). The lowest BCUT2D eigenvalue weighted by Crippen LogP contribution is -2.37. The lowest BCUT2D eigenvalue weighted by Gasteiger charge is -2.33. The van der Waals surface area contributed by atoms with Crippen LogP contribution in [0.3, 0.4) is 0 Å². The average molecular weight is 435 g/mol. The maximum Gasteiger partial charge on any atom is 0.416 e. The number of anilines is 2. The fourth-order valence-electron chi connectivity index (χ4n) is 3.96. The van der Waals surface area contributed by atoms with Gasteiger partial charge in [-0.25, -0.2) is 0 Å². The summed E-state index contributed by atoms with van der Waals surface area (Å²) in [7, 11) is 0. The molecule has 1 aliphatic heterocycles. The van der Waals surface area contributed by atoms with Crippen LogP contribution in [-0.4, -0.2) is 32.2 Å². The molecule has 1 heterocycles. The third-order valence-corrected chi connectivity index (χ3v) is 5.59. The number of hydrogen-bond donors (Lipinski definition) is 2. The summed E-state index contributed by atoms with van der Waals surface area (Å²) < 4.78 is 43.8. The minimum Gasteiger partial charge on any atom is -0.381 e. The van der Waals surface area contributed by atoms with E-state index >= 15 is 0 Å². The quantitative estimate of drug-likeness (QED) is 0.675. The molecule has 0 aliphatic carbocycles. The highest BCUT2D eigenvalue weighted by Crippen LogP contribution is 2.36. The van der Waals surface area contributed by atoms with E-state index in [-0.39, 0.29) is 11.8 Å². The predicted molar refractivity (Wildman–Crippen MR) is 115 cm³/mol. The standard InChI is InChI=1S/C23H28F3N3O2/c1-3-19(22(27)30)21-15(2)12-18(13-20(21)29-8-10-31-11-9-29)28-14-16-4-6-17(7-5-16)23(24,25)26/h4-7,12-13,19,28H,3,8-11,14H2,1-2H3,(H2,27,30). The number of primary amides is 1. The summed E-state index contributed by atoms with van der Waals surface area (Å²) in [4.78, 5) is 14.3. The van der Waals surface area contributed by atoms with Crippen LogP contribution in [-0.2, 0) is 22.3 Å². The monoisotopic (exact) mass is 435 g/mol. The molecule has 0 spiro atoms. The maximum absolute atomic E-state index is 12.8. The van der Waals surface area contributed by atoms with Crippen molar-refractivity contribution in [2.45, 2.75) is 38.9 Å². The Kier molecular flexibility index (Phi) is 7.10. The Bertz CT molecular complexity index is 908. The Hall–Kier alpha value is -2.74. The number of aryl methyl sites for hydroxylation is 1. The molecular weight excluding hydrogens is 407 g/mol. The van der Waals surface area contributed by atoms with Crippen molar-refractivity contribution in [1.29, 1.82) is 0 Å². The van der Waals surface area contributed by atoms with Gasteiger partial charge in [-0.2, -0.15) is 13.2 Å². The molecule has 1 unspecified atom stereocenters. The smallest absolute Gasteiger partial charge is 0.381 e. The number of nitrogens with two attached hydrogens (primary N) is 1. The van der Waals surface area contributed by atoms with Gasteiger partial charge in [0, 0.05) is 31.0 Å². The molecule has 0 saturated carbocycles. The molecular formula is C23H28F3N3O2. The molecule has 31 heavy (non-hydrogen) atoms. The summed E-state index contributed by atoms with van der Waals surface area (Å²) in [5.41, 5.74) is 9.42. The highest BCUT2D eigenvalue weighted by Gasteiger charge is 2.30. The average Bonchev–Trinajstić information content (AvgIpc) is 2.74. The van der Waals surface area contributed by atoms with Gasteiger partial charge in [0.05, 0.1) is 24.7 Å². The number of carbonyl (C=O) groups is 1. The van der Waals surface area contributed by atoms with Gasteiger partial charge in [0.1, 0.15) is 0 Å². The molecule has 1 atom stereocenters. The molecule has 1 amide bonds. The third-order valence-electron chi connectivity index (χ3n) is 5.59. The van der Waals surface area contributed by atoms with Crippen LogP contribution in [0.25, 0.3) is 0 Å². The highest BCUT2D eigenvalue weighted by molar-refractivity contribution is 5.85. The first-order chi connectivity index (χ1) is 14.7. The maximum atomic E-state index is 12.8. The molecule has 1 aliphatic rings. The zero-order valence-corrected chi connectivity index (χ0v) is 17.8. The number of alkyl halides is 3. The highest BCUT2D eigenvalue weighted by atomic mass is 19.4. The summed E-state index contributed by atoms with van der Waals surface area (Å²) in [6, 6.07) is 9.06. The van der Waals surface area contributed by atoms with E-state index in [0.29, 0.717) is 39.3 Å². The number of ether oxygens (including phenoxy) is 1. The Morgan fingerprint density at radius 2 is 1.84 bits per heavy atom. The second-order valence-electron chi connectivity index (χ2n) is 7.74. The van der Waals surface area contributed by atoms with Crippen molar-refractivity contribution in [3.63, 3.8) is 0 Å². The topological polar surface area (TPSA) is 67.6 Å². The van der Waals surface area contributed by atoms with Gasteiger partial charge in [-0.05, 0) is 54.3 Å². The Labute approximate surface area is 180 Å². The number of halogens is 3. The predicted octanol–water partition coefficient (Wildman–Crippen LogP) is 4.44. The molecule has 0 aromatic heterocycles. The molecule has 3 N–H and O–H groups in total. The number of amides is 1. The molecule has 0 bridgehead atoms. The van der Waals surface area contributed by atoms with Crippen LogP contribution in [0.15, 0.2) is 36.4 Å². The van der Waals surface area contributed by atoms with E-state index in [4.69, 9.17) is 10.5 Å². The van der Waals surface area contributed by atoms with Crippen LogP contribution >= 0.6 is 0 Å². The van der Waals surface area contributed by atoms with Crippen molar-refractivity contribution in [3.8, 4) is 0 Å². The van der Waals surface area contributed by atoms with Gasteiger partial charge in [-0.15, -0.1) is 0 Å². The SMILES string of the molecule is CCC(C(N)=O)c1c(C)cc(NCc2ccc(C(F)(F)F)cc2)cc1N1CCOCC1. The Morgan fingerprint density at radius 1 is 1.19 bits per heavy atom. The van der Waals surface area contributed by atoms with E-state index < -0.39 is 11.7 Å². The Balaban J connectivity index is 1.87. The zero-order valence-electron chi connectivity index (χ0n) is 17.8. The molecule has 168 valence electrons. The Morgan fingerprint density at radius 3 is 2.39 bits per heavy atom. The van der Waals surface area contributed by atoms with Crippen molar-refractivity contribution in [1.82, 2.24) is 0 Å². The molecule has 1 saturated heterocycles. The fourth-order valence-corrected chi connectivity index (χ4v) is 3.96. The summed E-state index contributed by atoms with van der Waals surface area (Å²) in [5, 5.41) is 3.30. The van der Waals surface area contributed by atoms with Gasteiger partial charge in [-0.1, -0.05) is 19.1 Å². The number of hydrogen-bond acceptors (Lipinski definition) is 4. The van der Waals surface area contributed by atoms with E-state index in [9.17, 15) is 18.0 Å². The number of benzene rings is 2. The number of morpholine rings is 1. The summed E-state index contributed by atoms with van der Waals surface area (Å²) in [5.74, 6) is -0.743. The van der Waals surface area contributed by atoms with Crippen LogP contribution in [0.2, 0.25) is 0 Å². The number of nitrogens with zero attached hydrogens (tertiary/aromatic N) is 1. The molecule has 0 radical (unpaired) electrons. The number of rotatable bonds is 7. The minimum absolute atomic E-state index is 0.356. The van der Waals surface area contributed by atoms with Gasteiger partial charge in [0.25, 0.3) is 0 Å². The minimum atomic E-state index is -4.35. The normalized spacial score (nSPS) is 15.6. The number of nitrogens with one attached hydrogen (secondary N) is 1. The van der Waals surface area contributed by atoms with Crippen LogP contribution in [0.4, 0.5) is 24.5 Å². The van der Waals surface area contributed by atoms with Crippen molar-refractivity contribution in [2.75, 3.05) is 36.5 Å². The lowest BCUT2D eigenvalue weighted by atomic mass is 9.89. The number of carbonyl (C=O) groups excluding carboxylic acids is 1. The summed E-state index contributed by atoms with van der Waals surface area (Å²) in [6.07, 6.45) is -3.74. The molecule has 5 nitrogen and oxygen atoms in total. The molecule has 2 aromatic carbocycles. The lowest BCUT2D eigenvalue weighted by molar-refractivity contribution is -0.137. The third kappa shape index (κ3) is 5.50. The second kappa shape index (κ2) is 9.60. The van der Waals surface area contributed by atoms with E-state index in [1.807, 2.05) is 26.0 Å². The van der Waals surface area contributed by atoms with Crippen molar-refractivity contribution in [2.24, 2.45) is 5.73 Å². The van der Waals surface area contributed by atoms with E-state index in [1.165, 1.54) is 12.1 Å². The molecule has 8 heteroatoms. The van der Waals surface area contributed by atoms with Crippen LogP contribution in [0.5, 0.6) is 0 Å². The van der Waals surface area contributed by atoms with Crippen LogP contribution < -0.4 is 16.0 Å². The van der Waals surface area contributed by atoms with Crippen molar-refractivity contribution in [3.05, 3.63) is 58.7 Å². The first kappa shape index (κ1) is 22.9.